The highest BCUT2D eigenvalue weighted by atomic mass is 32.1. The van der Waals surface area contributed by atoms with Gasteiger partial charge in [0.1, 0.15) is 19.0 Å². The maximum absolute atomic E-state index is 14.5. The molecular formula is C20H18FNO3S. The van der Waals surface area contributed by atoms with E-state index in [2.05, 4.69) is 22.4 Å². The van der Waals surface area contributed by atoms with Gasteiger partial charge in [0.05, 0.1) is 23.9 Å². The number of fused-ring (bicyclic) bond motifs is 1. The zero-order valence-corrected chi connectivity index (χ0v) is 14.9. The molecule has 4 nitrogen and oxygen atoms in total. The summed E-state index contributed by atoms with van der Waals surface area (Å²) in [4.78, 5) is 4.02. The number of halogens is 1. The molecule has 1 heterocycles. The van der Waals surface area contributed by atoms with E-state index in [1.54, 1.807) is 6.07 Å². The van der Waals surface area contributed by atoms with Crippen LogP contribution < -0.4 is 9.47 Å². The van der Waals surface area contributed by atoms with Crippen molar-refractivity contribution < 1.29 is 18.6 Å². The molecule has 0 saturated heterocycles. The predicted molar refractivity (Wildman–Crippen MR) is 99.5 cm³/mol. The summed E-state index contributed by atoms with van der Waals surface area (Å²) in [6, 6.07) is 11.0. The van der Waals surface area contributed by atoms with Crippen LogP contribution in [0.5, 0.6) is 11.5 Å². The lowest BCUT2D eigenvalue weighted by Crippen LogP contribution is -2.34. The fourth-order valence-corrected chi connectivity index (χ4v) is 3.28. The van der Waals surface area contributed by atoms with E-state index in [1.165, 1.54) is 6.07 Å². The van der Waals surface area contributed by atoms with Gasteiger partial charge in [-0.25, -0.2) is 9.38 Å². The molecule has 2 aromatic rings. The third-order valence-electron chi connectivity index (χ3n) is 4.71. The first-order valence-electron chi connectivity index (χ1n) is 8.60. The van der Waals surface area contributed by atoms with Gasteiger partial charge in [0.25, 0.3) is 0 Å². The van der Waals surface area contributed by atoms with Crippen LogP contribution >= 0.6 is 12.2 Å². The van der Waals surface area contributed by atoms with Gasteiger partial charge in [-0.15, -0.1) is 0 Å². The van der Waals surface area contributed by atoms with E-state index in [0.717, 1.165) is 29.7 Å². The Morgan fingerprint density at radius 1 is 1.08 bits per heavy atom. The second-order valence-corrected chi connectivity index (χ2v) is 6.63. The molecule has 0 N–H and O–H groups in total. The standard InChI is InChI=1S/C20H18FNO3S/c21-18-7-13(14-3-4-19-20(8-14)24-6-5-23-19)1-2-15(18)11-25-17-9-16(10-17)22-12-26/h1-4,7-8,16-17H,5-6,9-11H2/t16-,17-. The van der Waals surface area contributed by atoms with Crippen molar-refractivity contribution in [1.29, 1.82) is 0 Å². The second-order valence-electron chi connectivity index (χ2n) is 6.44. The number of isothiocyanates is 1. The molecule has 1 fully saturated rings. The van der Waals surface area contributed by atoms with Crippen LogP contribution in [-0.4, -0.2) is 30.5 Å². The van der Waals surface area contributed by atoms with Crippen molar-refractivity contribution in [3.05, 3.63) is 47.8 Å². The van der Waals surface area contributed by atoms with Crippen molar-refractivity contribution in [2.24, 2.45) is 4.99 Å². The van der Waals surface area contributed by atoms with Crippen LogP contribution in [0.1, 0.15) is 18.4 Å². The highest BCUT2D eigenvalue weighted by molar-refractivity contribution is 7.78. The number of hydrogen-bond donors (Lipinski definition) is 0. The lowest BCUT2D eigenvalue weighted by Gasteiger charge is -2.31. The number of aliphatic imine (C=N–C) groups is 1. The number of hydrogen-bond acceptors (Lipinski definition) is 5. The Labute approximate surface area is 156 Å². The highest BCUT2D eigenvalue weighted by Gasteiger charge is 2.29. The topological polar surface area (TPSA) is 40.0 Å². The average molecular weight is 371 g/mol. The normalized spacial score (nSPS) is 20.8. The Balaban J connectivity index is 1.42. The van der Waals surface area contributed by atoms with Gasteiger partial charge in [-0.3, -0.25) is 0 Å². The smallest absolute Gasteiger partial charge is 0.161 e. The SMILES string of the molecule is Fc1cc(-c2ccc3c(c2)OCCO3)ccc1CO[C@H]1C[C@H](N=C=S)C1. The molecule has 26 heavy (non-hydrogen) atoms. The van der Waals surface area contributed by atoms with Gasteiger partial charge in [-0.05, 0) is 54.4 Å². The molecule has 1 aliphatic heterocycles. The quantitative estimate of drug-likeness (QED) is 0.576. The molecule has 134 valence electrons. The van der Waals surface area contributed by atoms with Crippen molar-refractivity contribution in [2.75, 3.05) is 13.2 Å². The van der Waals surface area contributed by atoms with Crippen LogP contribution in [0.4, 0.5) is 4.39 Å². The largest absolute Gasteiger partial charge is 0.486 e. The van der Waals surface area contributed by atoms with Crippen molar-refractivity contribution in [3.8, 4) is 22.6 Å². The Morgan fingerprint density at radius 2 is 1.81 bits per heavy atom. The first-order chi connectivity index (χ1) is 12.7. The molecule has 1 aliphatic carbocycles. The monoisotopic (exact) mass is 371 g/mol. The van der Waals surface area contributed by atoms with Gasteiger partial charge < -0.3 is 14.2 Å². The molecular weight excluding hydrogens is 353 g/mol. The van der Waals surface area contributed by atoms with Crippen LogP contribution in [0, 0.1) is 5.82 Å². The second kappa shape index (κ2) is 7.54. The van der Waals surface area contributed by atoms with Crippen LogP contribution in [0.15, 0.2) is 41.4 Å². The fraction of sp³-hybridized carbons (Fsp3) is 0.350. The van der Waals surface area contributed by atoms with E-state index in [9.17, 15) is 4.39 Å². The van der Waals surface area contributed by atoms with Gasteiger partial charge >= 0.3 is 0 Å². The van der Waals surface area contributed by atoms with Gasteiger partial charge in [-0.2, -0.15) is 0 Å². The molecule has 0 aromatic heterocycles. The minimum absolute atomic E-state index is 0.115. The molecule has 0 unspecified atom stereocenters. The molecule has 2 aromatic carbocycles. The van der Waals surface area contributed by atoms with Crippen LogP contribution in [0.2, 0.25) is 0 Å². The summed E-state index contributed by atoms with van der Waals surface area (Å²) in [5, 5.41) is 2.39. The highest BCUT2D eigenvalue weighted by Crippen LogP contribution is 2.35. The van der Waals surface area contributed by atoms with Crippen molar-refractivity contribution in [1.82, 2.24) is 0 Å². The Morgan fingerprint density at radius 3 is 2.58 bits per heavy atom. The molecule has 0 amide bonds. The van der Waals surface area contributed by atoms with Crippen LogP contribution in [-0.2, 0) is 11.3 Å². The van der Waals surface area contributed by atoms with Gasteiger partial charge in [0.15, 0.2) is 11.5 Å². The zero-order chi connectivity index (χ0) is 17.9. The maximum Gasteiger partial charge on any atom is 0.161 e. The lowest BCUT2D eigenvalue weighted by atomic mass is 9.90. The number of nitrogens with zero attached hydrogens (tertiary/aromatic N) is 1. The van der Waals surface area contributed by atoms with Crippen LogP contribution in [0.25, 0.3) is 11.1 Å². The fourth-order valence-electron chi connectivity index (χ4n) is 3.13. The summed E-state index contributed by atoms with van der Waals surface area (Å²) in [6.07, 6.45) is 1.75. The zero-order valence-electron chi connectivity index (χ0n) is 14.1. The number of rotatable bonds is 5. The molecule has 2 aliphatic rings. The third-order valence-corrected chi connectivity index (χ3v) is 4.81. The predicted octanol–water partition coefficient (Wildman–Crippen LogP) is 4.41. The summed E-state index contributed by atoms with van der Waals surface area (Å²) in [5.74, 6) is 1.15. The van der Waals surface area contributed by atoms with Gasteiger partial charge in [0.2, 0.25) is 0 Å². The van der Waals surface area contributed by atoms with E-state index in [0.29, 0.717) is 24.5 Å². The van der Waals surface area contributed by atoms with Crippen molar-refractivity contribution >= 4 is 17.4 Å². The summed E-state index contributed by atoms with van der Waals surface area (Å²) >= 11 is 4.59. The Bertz CT molecular complexity index is 860. The van der Waals surface area contributed by atoms with E-state index in [-0.39, 0.29) is 24.6 Å². The molecule has 0 radical (unpaired) electrons. The lowest BCUT2D eigenvalue weighted by molar-refractivity contribution is -0.0192. The van der Waals surface area contributed by atoms with E-state index in [1.807, 2.05) is 24.3 Å². The van der Waals surface area contributed by atoms with E-state index in [4.69, 9.17) is 14.2 Å². The van der Waals surface area contributed by atoms with Gasteiger partial charge in [-0.1, -0.05) is 18.2 Å². The van der Waals surface area contributed by atoms with Gasteiger partial charge in [0, 0.05) is 5.56 Å². The third kappa shape index (κ3) is 3.63. The molecule has 1 saturated carbocycles. The molecule has 0 spiro atoms. The minimum Gasteiger partial charge on any atom is -0.486 e. The maximum atomic E-state index is 14.5. The Kier molecular flexibility index (Phi) is 4.98. The number of thiocarbonyl (C=S) groups is 1. The molecule has 0 bridgehead atoms. The first-order valence-corrected chi connectivity index (χ1v) is 9.01. The van der Waals surface area contributed by atoms with E-state index < -0.39 is 0 Å². The van der Waals surface area contributed by atoms with E-state index >= 15 is 0 Å². The molecule has 4 rings (SSSR count). The summed E-state index contributed by atoms with van der Waals surface area (Å²) in [5.41, 5.74) is 2.23. The summed E-state index contributed by atoms with van der Waals surface area (Å²) in [7, 11) is 0. The Hall–Kier alpha value is -2.27. The molecule has 6 heteroatoms. The van der Waals surface area contributed by atoms with Crippen molar-refractivity contribution in [2.45, 2.75) is 31.6 Å². The summed E-state index contributed by atoms with van der Waals surface area (Å²) in [6.45, 7) is 1.33. The number of ether oxygens (including phenoxy) is 3. The summed E-state index contributed by atoms with van der Waals surface area (Å²) < 4.78 is 31.3. The van der Waals surface area contributed by atoms with Crippen LogP contribution in [0.3, 0.4) is 0 Å². The molecule has 0 atom stereocenters. The number of benzene rings is 2. The van der Waals surface area contributed by atoms with Crippen molar-refractivity contribution in [3.63, 3.8) is 0 Å². The average Bonchev–Trinajstić information content (AvgIpc) is 2.64. The first kappa shape index (κ1) is 17.2. The minimum atomic E-state index is -0.273.